The summed E-state index contributed by atoms with van der Waals surface area (Å²) in [5, 5.41) is 4.27. The molecule has 106 valence electrons. The smallest absolute Gasteiger partial charge is 0.219 e. The molecule has 0 aliphatic carbocycles. The van der Waals surface area contributed by atoms with Crippen molar-refractivity contribution in [2.24, 2.45) is 0 Å². The number of nitrogens with zero attached hydrogens (tertiary/aromatic N) is 2. The first-order valence-electron chi connectivity index (χ1n) is 6.92. The van der Waals surface area contributed by atoms with Gasteiger partial charge in [-0.3, -0.25) is 4.98 Å². The highest BCUT2D eigenvalue weighted by molar-refractivity contribution is 5.79. The minimum Gasteiger partial charge on any atom is -0.439 e. The fraction of sp³-hybridized carbons (Fsp3) is 0.176. The zero-order chi connectivity index (χ0) is 14.7. The van der Waals surface area contributed by atoms with E-state index in [9.17, 15) is 0 Å². The number of rotatable bonds is 4. The van der Waals surface area contributed by atoms with E-state index in [4.69, 9.17) is 4.74 Å². The Morgan fingerprint density at radius 2 is 2.00 bits per heavy atom. The molecule has 1 atom stereocenters. The molecule has 1 N–H and O–H groups in total. The molecule has 0 fully saturated rings. The third-order valence-electron chi connectivity index (χ3n) is 3.49. The van der Waals surface area contributed by atoms with E-state index in [1.54, 1.807) is 6.20 Å². The maximum atomic E-state index is 5.78. The number of benzene rings is 1. The van der Waals surface area contributed by atoms with Crippen LogP contribution >= 0.6 is 0 Å². The molecule has 0 spiro atoms. The van der Waals surface area contributed by atoms with Crippen LogP contribution in [0.4, 0.5) is 0 Å². The van der Waals surface area contributed by atoms with Gasteiger partial charge in [-0.25, -0.2) is 4.98 Å². The van der Waals surface area contributed by atoms with Gasteiger partial charge in [-0.2, -0.15) is 0 Å². The summed E-state index contributed by atoms with van der Waals surface area (Å²) in [7, 11) is 1.93. The van der Waals surface area contributed by atoms with Crippen LogP contribution in [0.25, 0.3) is 10.9 Å². The molecule has 2 heterocycles. The van der Waals surface area contributed by atoms with Crippen molar-refractivity contribution < 1.29 is 4.74 Å². The van der Waals surface area contributed by atoms with Crippen LogP contribution in [0, 0.1) is 0 Å². The fourth-order valence-electron chi connectivity index (χ4n) is 2.11. The van der Waals surface area contributed by atoms with Crippen LogP contribution in [0.3, 0.4) is 0 Å². The Balaban J connectivity index is 1.81. The summed E-state index contributed by atoms with van der Waals surface area (Å²) in [6.07, 6.45) is 3.61. The van der Waals surface area contributed by atoms with Crippen LogP contribution < -0.4 is 10.1 Å². The van der Waals surface area contributed by atoms with E-state index in [1.165, 1.54) is 0 Å². The Bertz CT molecular complexity index is 740. The van der Waals surface area contributed by atoms with Gasteiger partial charge in [0.15, 0.2) is 0 Å². The minimum absolute atomic E-state index is 0.274. The van der Waals surface area contributed by atoms with E-state index >= 15 is 0 Å². The molecular weight excluding hydrogens is 262 g/mol. The number of fused-ring (bicyclic) bond motifs is 1. The van der Waals surface area contributed by atoms with E-state index in [2.05, 4.69) is 22.2 Å². The summed E-state index contributed by atoms with van der Waals surface area (Å²) in [6, 6.07) is 14.0. The average molecular weight is 279 g/mol. The molecule has 4 nitrogen and oxygen atoms in total. The summed E-state index contributed by atoms with van der Waals surface area (Å²) in [5.41, 5.74) is 2.04. The molecule has 2 aromatic heterocycles. The van der Waals surface area contributed by atoms with Crippen LogP contribution in [-0.4, -0.2) is 17.0 Å². The molecule has 0 aliphatic heterocycles. The maximum absolute atomic E-state index is 5.78. The largest absolute Gasteiger partial charge is 0.439 e. The highest BCUT2D eigenvalue weighted by Gasteiger charge is 2.05. The lowest BCUT2D eigenvalue weighted by molar-refractivity contribution is 0.462. The molecule has 3 aromatic rings. The average Bonchev–Trinajstić information content (AvgIpc) is 2.55. The first kappa shape index (κ1) is 13.5. The number of nitrogens with one attached hydrogen (secondary N) is 1. The summed E-state index contributed by atoms with van der Waals surface area (Å²) in [5.74, 6) is 1.32. The zero-order valence-corrected chi connectivity index (χ0v) is 12.1. The van der Waals surface area contributed by atoms with Crippen LogP contribution in [0.15, 0.2) is 54.9 Å². The molecule has 0 saturated carbocycles. The standard InChI is InChI=1S/C17H17N3O/c1-12(18-2)14-6-8-17(20-11-14)21-15-7-5-13-4-3-9-19-16(13)10-15/h3-12,18H,1-2H3. The van der Waals surface area contributed by atoms with Gasteiger partial charge in [-0.15, -0.1) is 0 Å². The van der Waals surface area contributed by atoms with Gasteiger partial charge in [0.2, 0.25) is 5.88 Å². The van der Waals surface area contributed by atoms with Gasteiger partial charge in [-0.05, 0) is 37.7 Å². The van der Waals surface area contributed by atoms with E-state index in [0.717, 1.165) is 22.2 Å². The van der Waals surface area contributed by atoms with Crippen LogP contribution in [0.5, 0.6) is 11.6 Å². The second-order valence-corrected chi connectivity index (χ2v) is 4.90. The lowest BCUT2D eigenvalue weighted by atomic mass is 10.1. The van der Waals surface area contributed by atoms with Crippen molar-refractivity contribution in [2.45, 2.75) is 13.0 Å². The Hall–Kier alpha value is -2.46. The Kier molecular flexibility index (Phi) is 3.79. The first-order chi connectivity index (χ1) is 10.3. The highest BCUT2D eigenvalue weighted by Crippen LogP contribution is 2.24. The van der Waals surface area contributed by atoms with Crippen molar-refractivity contribution in [1.29, 1.82) is 0 Å². The van der Waals surface area contributed by atoms with Gasteiger partial charge in [0, 0.05) is 36.0 Å². The zero-order valence-electron chi connectivity index (χ0n) is 12.1. The van der Waals surface area contributed by atoms with Gasteiger partial charge in [-0.1, -0.05) is 12.1 Å². The third-order valence-corrected chi connectivity index (χ3v) is 3.49. The van der Waals surface area contributed by atoms with Crippen molar-refractivity contribution in [3.8, 4) is 11.6 Å². The van der Waals surface area contributed by atoms with Crippen molar-refractivity contribution in [3.63, 3.8) is 0 Å². The van der Waals surface area contributed by atoms with E-state index < -0.39 is 0 Å². The van der Waals surface area contributed by atoms with Gasteiger partial charge in [0.05, 0.1) is 5.52 Å². The van der Waals surface area contributed by atoms with Crippen molar-refractivity contribution in [3.05, 3.63) is 60.4 Å². The molecule has 21 heavy (non-hydrogen) atoms. The van der Waals surface area contributed by atoms with E-state index in [1.807, 2.05) is 55.7 Å². The van der Waals surface area contributed by atoms with Crippen molar-refractivity contribution in [1.82, 2.24) is 15.3 Å². The van der Waals surface area contributed by atoms with Gasteiger partial charge < -0.3 is 10.1 Å². The molecule has 1 aromatic carbocycles. The molecule has 0 bridgehead atoms. The minimum atomic E-state index is 0.274. The number of aromatic nitrogens is 2. The second-order valence-electron chi connectivity index (χ2n) is 4.90. The summed E-state index contributed by atoms with van der Waals surface area (Å²) in [6.45, 7) is 2.09. The van der Waals surface area contributed by atoms with Crippen molar-refractivity contribution in [2.75, 3.05) is 7.05 Å². The highest BCUT2D eigenvalue weighted by atomic mass is 16.5. The molecule has 4 heteroatoms. The van der Waals surface area contributed by atoms with Crippen molar-refractivity contribution >= 4 is 10.9 Å². The lowest BCUT2D eigenvalue weighted by Crippen LogP contribution is -2.12. The van der Waals surface area contributed by atoms with Crippen LogP contribution in [0.2, 0.25) is 0 Å². The number of hydrogen-bond donors (Lipinski definition) is 1. The van der Waals surface area contributed by atoms with E-state index in [0.29, 0.717) is 5.88 Å². The molecule has 1 unspecified atom stereocenters. The van der Waals surface area contributed by atoms with Gasteiger partial charge >= 0.3 is 0 Å². The Morgan fingerprint density at radius 3 is 2.76 bits per heavy atom. The topological polar surface area (TPSA) is 47.0 Å². The first-order valence-corrected chi connectivity index (χ1v) is 6.92. The Labute approximate surface area is 123 Å². The second kappa shape index (κ2) is 5.89. The lowest BCUT2D eigenvalue weighted by Gasteiger charge is -2.11. The quantitative estimate of drug-likeness (QED) is 0.791. The normalized spacial score (nSPS) is 12.3. The predicted octanol–water partition coefficient (Wildman–Crippen LogP) is 3.70. The van der Waals surface area contributed by atoms with Gasteiger partial charge in [0.25, 0.3) is 0 Å². The van der Waals surface area contributed by atoms with Crippen LogP contribution in [0.1, 0.15) is 18.5 Å². The Morgan fingerprint density at radius 1 is 1.10 bits per heavy atom. The van der Waals surface area contributed by atoms with Gasteiger partial charge in [0.1, 0.15) is 5.75 Å². The SMILES string of the molecule is CNC(C)c1ccc(Oc2ccc3cccnc3c2)nc1. The third kappa shape index (κ3) is 3.01. The monoisotopic (exact) mass is 279 g/mol. The molecule has 0 aliphatic rings. The van der Waals surface area contributed by atoms with E-state index in [-0.39, 0.29) is 6.04 Å². The molecule has 0 radical (unpaired) electrons. The summed E-state index contributed by atoms with van der Waals surface area (Å²) >= 11 is 0. The molecular formula is C17H17N3O. The van der Waals surface area contributed by atoms with Crippen LogP contribution in [-0.2, 0) is 0 Å². The number of pyridine rings is 2. The fourth-order valence-corrected chi connectivity index (χ4v) is 2.11. The summed E-state index contributed by atoms with van der Waals surface area (Å²) in [4.78, 5) is 8.66. The molecule has 0 saturated heterocycles. The number of hydrogen-bond acceptors (Lipinski definition) is 4. The maximum Gasteiger partial charge on any atom is 0.219 e. The summed E-state index contributed by atoms with van der Waals surface area (Å²) < 4.78 is 5.78. The number of ether oxygens (including phenoxy) is 1. The predicted molar refractivity (Wildman–Crippen MR) is 83.5 cm³/mol. The molecule has 3 rings (SSSR count). The molecule has 0 amide bonds.